The molecule has 1 atom stereocenters. The van der Waals surface area contributed by atoms with E-state index in [0.29, 0.717) is 6.04 Å². The third-order valence-corrected chi connectivity index (χ3v) is 6.48. The first-order chi connectivity index (χ1) is 14.8. The summed E-state index contributed by atoms with van der Waals surface area (Å²) in [6.07, 6.45) is 29.8. The molecule has 0 aliphatic heterocycles. The molecule has 0 saturated carbocycles. The molecular weight excluding hydrogens is 364 g/mol. The van der Waals surface area contributed by atoms with Gasteiger partial charge in [-0.15, -0.1) is 0 Å². The molecule has 2 N–H and O–H groups in total. The van der Waals surface area contributed by atoms with Crippen LogP contribution in [-0.4, -0.2) is 25.7 Å². The van der Waals surface area contributed by atoms with Gasteiger partial charge in [-0.3, -0.25) is 0 Å². The Kier molecular flexibility index (Phi) is 26.9. The van der Waals surface area contributed by atoms with Crippen LogP contribution in [0.2, 0.25) is 0 Å². The summed E-state index contributed by atoms with van der Waals surface area (Å²) in [5.74, 6) is 0. The SMILES string of the molecule is CCCCCCCCCCCCNCCC(C)NCCCCCCCCCCCC. The quantitative estimate of drug-likeness (QED) is 0.136. The Bertz CT molecular complexity index is 292. The molecule has 0 saturated heterocycles. The predicted octanol–water partition coefficient (Wildman–Crippen LogP) is 8.79. The van der Waals surface area contributed by atoms with Crippen molar-refractivity contribution in [2.75, 3.05) is 19.6 Å². The topological polar surface area (TPSA) is 24.1 Å². The molecular formula is C28H60N2. The molecule has 0 bridgehead atoms. The summed E-state index contributed by atoms with van der Waals surface area (Å²) in [6.45, 7) is 10.5. The van der Waals surface area contributed by atoms with Gasteiger partial charge in [-0.1, -0.05) is 129 Å². The van der Waals surface area contributed by atoms with Gasteiger partial charge in [0.1, 0.15) is 0 Å². The third-order valence-electron chi connectivity index (χ3n) is 6.48. The molecule has 0 aromatic heterocycles. The van der Waals surface area contributed by atoms with Gasteiger partial charge in [-0.05, 0) is 45.8 Å². The van der Waals surface area contributed by atoms with E-state index < -0.39 is 0 Å². The Hall–Kier alpha value is -0.0800. The smallest absolute Gasteiger partial charge is 0.00508 e. The van der Waals surface area contributed by atoms with E-state index >= 15 is 0 Å². The molecule has 0 radical (unpaired) electrons. The van der Waals surface area contributed by atoms with Crippen LogP contribution >= 0.6 is 0 Å². The van der Waals surface area contributed by atoms with Crippen LogP contribution in [0, 0.1) is 0 Å². The molecule has 0 rings (SSSR count). The maximum atomic E-state index is 3.71. The average molecular weight is 425 g/mol. The molecule has 182 valence electrons. The van der Waals surface area contributed by atoms with E-state index in [1.807, 2.05) is 0 Å². The maximum Gasteiger partial charge on any atom is 0.00508 e. The molecule has 0 amide bonds. The lowest BCUT2D eigenvalue weighted by atomic mass is 10.1. The highest BCUT2D eigenvalue weighted by molar-refractivity contribution is 4.63. The van der Waals surface area contributed by atoms with Crippen LogP contribution in [0.5, 0.6) is 0 Å². The second-order valence-electron chi connectivity index (χ2n) is 9.76. The van der Waals surface area contributed by atoms with Gasteiger partial charge in [0.05, 0.1) is 0 Å². The normalized spacial score (nSPS) is 12.5. The lowest BCUT2D eigenvalue weighted by Crippen LogP contribution is -2.31. The molecule has 2 heteroatoms. The number of hydrogen-bond acceptors (Lipinski definition) is 2. The summed E-state index contributed by atoms with van der Waals surface area (Å²) in [4.78, 5) is 0. The van der Waals surface area contributed by atoms with Crippen molar-refractivity contribution in [3.63, 3.8) is 0 Å². The molecule has 1 unspecified atom stereocenters. The first-order valence-electron chi connectivity index (χ1n) is 14.2. The van der Waals surface area contributed by atoms with Crippen LogP contribution in [0.3, 0.4) is 0 Å². The highest BCUT2D eigenvalue weighted by atomic mass is 14.9. The zero-order chi connectivity index (χ0) is 22.0. The summed E-state index contributed by atoms with van der Waals surface area (Å²) in [6, 6.07) is 0.656. The Labute approximate surface area is 192 Å². The minimum Gasteiger partial charge on any atom is -0.317 e. The fourth-order valence-corrected chi connectivity index (χ4v) is 4.24. The van der Waals surface area contributed by atoms with Crippen LogP contribution in [0.4, 0.5) is 0 Å². The van der Waals surface area contributed by atoms with Crippen molar-refractivity contribution in [1.82, 2.24) is 10.6 Å². The van der Waals surface area contributed by atoms with E-state index in [1.165, 1.54) is 154 Å². The molecule has 0 aromatic carbocycles. The van der Waals surface area contributed by atoms with Crippen molar-refractivity contribution in [3.05, 3.63) is 0 Å². The van der Waals surface area contributed by atoms with E-state index in [9.17, 15) is 0 Å². The van der Waals surface area contributed by atoms with Gasteiger partial charge in [-0.25, -0.2) is 0 Å². The lowest BCUT2D eigenvalue weighted by Gasteiger charge is -2.14. The largest absolute Gasteiger partial charge is 0.317 e. The predicted molar refractivity (Wildman–Crippen MR) is 139 cm³/mol. The fourth-order valence-electron chi connectivity index (χ4n) is 4.24. The van der Waals surface area contributed by atoms with Crippen molar-refractivity contribution in [3.8, 4) is 0 Å². The highest BCUT2D eigenvalue weighted by Gasteiger charge is 2.00. The van der Waals surface area contributed by atoms with E-state index in [1.54, 1.807) is 0 Å². The summed E-state index contributed by atoms with van der Waals surface area (Å²) in [7, 11) is 0. The van der Waals surface area contributed by atoms with Gasteiger partial charge in [0.25, 0.3) is 0 Å². The monoisotopic (exact) mass is 424 g/mol. The number of rotatable bonds is 26. The second kappa shape index (κ2) is 27.0. The zero-order valence-corrected chi connectivity index (χ0v) is 21.5. The lowest BCUT2D eigenvalue weighted by molar-refractivity contribution is 0.470. The minimum atomic E-state index is 0.656. The molecule has 0 spiro atoms. The highest BCUT2D eigenvalue weighted by Crippen LogP contribution is 2.11. The zero-order valence-electron chi connectivity index (χ0n) is 21.5. The number of nitrogens with one attached hydrogen (secondary N) is 2. The summed E-state index contributed by atoms with van der Waals surface area (Å²) in [5, 5.41) is 7.36. The van der Waals surface area contributed by atoms with Gasteiger partial charge < -0.3 is 10.6 Å². The van der Waals surface area contributed by atoms with Crippen molar-refractivity contribution in [1.29, 1.82) is 0 Å². The molecule has 0 heterocycles. The Balaban J connectivity index is 3.12. The first kappa shape index (κ1) is 29.9. The summed E-state index contributed by atoms with van der Waals surface area (Å²) in [5.41, 5.74) is 0. The average Bonchev–Trinajstić information content (AvgIpc) is 2.75. The number of unbranched alkanes of at least 4 members (excludes halogenated alkanes) is 18. The van der Waals surface area contributed by atoms with E-state index in [4.69, 9.17) is 0 Å². The number of hydrogen-bond donors (Lipinski definition) is 2. The van der Waals surface area contributed by atoms with Crippen molar-refractivity contribution < 1.29 is 0 Å². The molecule has 0 fully saturated rings. The standard InChI is InChI=1S/C28H60N2/c1-4-6-8-10-12-14-16-18-20-22-25-29-27-24-28(3)30-26-23-21-19-17-15-13-11-9-7-5-2/h28-30H,4-27H2,1-3H3. The van der Waals surface area contributed by atoms with Gasteiger partial charge in [0, 0.05) is 6.04 Å². The van der Waals surface area contributed by atoms with E-state index in [2.05, 4.69) is 31.4 Å². The fraction of sp³-hybridized carbons (Fsp3) is 1.00. The van der Waals surface area contributed by atoms with Crippen LogP contribution in [0.1, 0.15) is 156 Å². The Morgan fingerprint density at radius 2 is 0.800 bits per heavy atom. The van der Waals surface area contributed by atoms with Gasteiger partial charge >= 0.3 is 0 Å². The van der Waals surface area contributed by atoms with Crippen LogP contribution in [0.15, 0.2) is 0 Å². The molecule has 30 heavy (non-hydrogen) atoms. The molecule has 2 nitrogen and oxygen atoms in total. The van der Waals surface area contributed by atoms with Crippen molar-refractivity contribution in [2.24, 2.45) is 0 Å². The van der Waals surface area contributed by atoms with Crippen molar-refractivity contribution >= 4 is 0 Å². The Morgan fingerprint density at radius 3 is 1.23 bits per heavy atom. The van der Waals surface area contributed by atoms with Gasteiger partial charge in [0.15, 0.2) is 0 Å². The minimum absolute atomic E-state index is 0.656. The molecule has 0 aliphatic carbocycles. The second-order valence-corrected chi connectivity index (χ2v) is 9.76. The molecule has 0 aliphatic rings. The van der Waals surface area contributed by atoms with E-state index in [0.717, 1.165) is 0 Å². The van der Waals surface area contributed by atoms with Crippen molar-refractivity contribution in [2.45, 2.75) is 162 Å². The Morgan fingerprint density at radius 1 is 0.433 bits per heavy atom. The van der Waals surface area contributed by atoms with E-state index in [-0.39, 0.29) is 0 Å². The summed E-state index contributed by atoms with van der Waals surface area (Å²) >= 11 is 0. The first-order valence-corrected chi connectivity index (χ1v) is 14.2. The van der Waals surface area contributed by atoms with Crippen LogP contribution in [0.25, 0.3) is 0 Å². The van der Waals surface area contributed by atoms with Gasteiger partial charge in [0.2, 0.25) is 0 Å². The van der Waals surface area contributed by atoms with Crippen LogP contribution < -0.4 is 10.6 Å². The maximum absolute atomic E-state index is 3.71. The van der Waals surface area contributed by atoms with Gasteiger partial charge in [-0.2, -0.15) is 0 Å². The van der Waals surface area contributed by atoms with Crippen LogP contribution in [-0.2, 0) is 0 Å². The summed E-state index contributed by atoms with van der Waals surface area (Å²) < 4.78 is 0. The molecule has 0 aromatic rings. The third kappa shape index (κ3) is 26.0.